The topological polar surface area (TPSA) is 29.1 Å². The number of nitrogens with one attached hydrogen (secondary N) is 1. The van der Waals surface area contributed by atoms with Crippen LogP contribution in [0.2, 0.25) is 0 Å². The van der Waals surface area contributed by atoms with Gasteiger partial charge in [-0.2, -0.15) is 0 Å². The number of benzene rings is 2. The predicted octanol–water partition coefficient (Wildman–Crippen LogP) is 4.46. The van der Waals surface area contributed by atoms with Gasteiger partial charge in [-0.25, -0.2) is 0 Å². The summed E-state index contributed by atoms with van der Waals surface area (Å²) in [5.41, 5.74) is 2.60. The highest BCUT2D eigenvalue weighted by atomic mass is 32.1. The number of carbonyl (C=O) groups excluding carboxylic acids is 1. The predicted molar refractivity (Wildman–Crippen MR) is 81.0 cm³/mol. The molecule has 3 heteroatoms. The van der Waals surface area contributed by atoms with E-state index in [4.69, 9.17) is 0 Å². The third-order valence-electron chi connectivity index (χ3n) is 2.99. The standard InChI is InChI=1S/C16H13NOS/c1-11-3-2-4-13(9-11)16(18)17-14-5-6-15-12(10-14)7-8-19-15/h2-10H,1H3,(H,17,18). The molecule has 3 aromatic rings. The molecule has 1 amide bonds. The number of hydrogen-bond donors (Lipinski definition) is 1. The number of carbonyl (C=O) groups is 1. The van der Waals surface area contributed by atoms with Crippen LogP contribution in [0.15, 0.2) is 53.9 Å². The van der Waals surface area contributed by atoms with Gasteiger partial charge in [0.25, 0.3) is 5.91 Å². The van der Waals surface area contributed by atoms with Crippen molar-refractivity contribution in [2.45, 2.75) is 6.92 Å². The lowest BCUT2D eigenvalue weighted by Crippen LogP contribution is -2.11. The second kappa shape index (κ2) is 4.86. The Bertz CT molecular complexity index is 745. The molecule has 0 spiro atoms. The van der Waals surface area contributed by atoms with Gasteiger partial charge in [-0.1, -0.05) is 17.7 Å². The molecule has 0 aliphatic heterocycles. The minimum absolute atomic E-state index is 0.0710. The Kier molecular flexibility index (Phi) is 3.05. The molecule has 0 aliphatic carbocycles. The van der Waals surface area contributed by atoms with Crippen molar-refractivity contribution >= 4 is 33.0 Å². The zero-order valence-corrected chi connectivity index (χ0v) is 11.3. The van der Waals surface area contributed by atoms with Crippen LogP contribution in [0.1, 0.15) is 15.9 Å². The van der Waals surface area contributed by atoms with Gasteiger partial charge >= 0.3 is 0 Å². The fourth-order valence-electron chi connectivity index (χ4n) is 2.03. The largest absolute Gasteiger partial charge is 0.322 e. The second-order valence-corrected chi connectivity index (χ2v) is 5.44. The van der Waals surface area contributed by atoms with Gasteiger partial charge in [0.05, 0.1) is 0 Å². The summed E-state index contributed by atoms with van der Waals surface area (Å²) in [6.45, 7) is 1.98. The maximum absolute atomic E-state index is 12.1. The molecule has 94 valence electrons. The SMILES string of the molecule is Cc1cccc(C(=O)Nc2ccc3sccc3c2)c1. The molecule has 2 nitrogen and oxygen atoms in total. The number of amides is 1. The van der Waals surface area contributed by atoms with Crippen molar-refractivity contribution in [3.8, 4) is 0 Å². The Morgan fingerprint density at radius 2 is 2.00 bits per heavy atom. The van der Waals surface area contributed by atoms with E-state index in [9.17, 15) is 4.79 Å². The third-order valence-corrected chi connectivity index (χ3v) is 3.89. The summed E-state index contributed by atoms with van der Waals surface area (Å²) < 4.78 is 1.23. The molecule has 1 N–H and O–H groups in total. The van der Waals surface area contributed by atoms with Crippen LogP contribution >= 0.6 is 11.3 Å². The van der Waals surface area contributed by atoms with Crippen molar-refractivity contribution in [2.75, 3.05) is 5.32 Å². The van der Waals surface area contributed by atoms with Gasteiger partial charge < -0.3 is 5.32 Å². The highest BCUT2D eigenvalue weighted by Crippen LogP contribution is 2.24. The van der Waals surface area contributed by atoms with Crippen LogP contribution in [0.3, 0.4) is 0 Å². The molecule has 0 radical (unpaired) electrons. The summed E-state index contributed by atoms with van der Waals surface area (Å²) in [6.07, 6.45) is 0. The van der Waals surface area contributed by atoms with Crippen molar-refractivity contribution in [1.82, 2.24) is 0 Å². The third kappa shape index (κ3) is 2.51. The Labute approximate surface area is 115 Å². The molecule has 0 unspecified atom stereocenters. The summed E-state index contributed by atoms with van der Waals surface area (Å²) in [4.78, 5) is 12.1. The van der Waals surface area contributed by atoms with Crippen LogP contribution in [0, 0.1) is 6.92 Å². The number of anilines is 1. The summed E-state index contributed by atoms with van der Waals surface area (Å²) in [5.74, 6) is -0.0710. The summed E-state index contributed by atoms with van der Waals surface area (Å²) in [6, 6.07) is 15.6. The summed E-state index contributed by atoms with van der Waals surface area (Å²) in [7, 11) is 0. The van der Waals surface area contributed by atoms with Gasteiger partial charge in [0, 0.05) is 16.0 Å². The fourth-order valence-corrected chi connectivity index (χ4v) is 2.80. The van der Waals surface area contributed by atoms with E-state index in [1.54, 1.807) is 11.3 Å². The zero-order chi connectivity index (χ0) is 13.2. The molecule has 1 heterocycles. The van der Waals surface area contributed by atoms with Crippen molar-refractivity contribution in [3.63, 3.8) is 0 Å². The van der Waals surface area contributed by atoms with Crippen molar-refractivity contribution in [1.29, 1.82) is 0 Å². The maximum atomic E-state index is 12.1. The van der Waals surface area contributed by atoms with E-state index in [1.807, 2.05) is 49.4 Å². The first-order chi connectivity index (χ1) is 9.22. The van der Waals surface area contributed by atoms with Gasteiger partial charge in [0.2, 0.25) is 0 Å². The number of hydrogen-bond acceptors (Lipinski definition) is 2. The van der Waals surface area contributed by atoms with Crippen molar-refractivity contribution in [3.05, 3.63) is 65.0 Å². The van der Waals surface area contributed by atoms with Crippen LogP contribution in [0.4, 0.5) is 5.69 Å². The molecule has 2 aromatic carbocycles. The minimum Gasteiger partial charge on any atom is -0.322 e. The van der Waals surface area contributed by atoms with Gasteiger partial charge in [0.15, 0.2) is 0 Å². The molecular weight excluding hydrogens is 254 g/mol. The van der Waals surface area contributed by atoms with Crippen LogP contribution in [-0.4, -0.2) is 5.91 Å². The molecule has 19 heavy (non-hydrogen) atoms. The van der Waals surface area contributed by atoms with Crippen LogP contribution < -0.4 is 5.32 Å². The van der Waals surface area contributed by atoms with Gasteiger partial charge in [0.1, 0.15) is 0 Å². The fraction of sp³-hybridized carbons (Fsp3) is 0.0625. The van der Waals surface area contributed by atoms with E-state index in [0.717, 1.165) is 16.6 Å². The molecule has 0 saturated heterocycles. The highest BCUT2D eigenvalue weighted by Gasteiger charge is 2.06. The number of aryl methyl sites for hydroxylation is 1. The second-order valence-electron chi connectivity index (χ2n) is 4.50. The molecule has 0 fully saturated rings. The monoisotopic (exact) mass is 267 g/mol. The lowest BCUT2D eigenvalue weighted by Gasteiger charge is -2.06. The molecular formula is C16H13NOS. The molecule has 0 aliphatic rings. The first kappa shape index (κ1) is 11.9. The summed E-state index contributed by atoms with van der Waals surface area (Å²) in [5, 5.41) is 6.14. The lowest BCUT2D eigenvalue weighted by atomic mass is 10.1. The number of thiophene rings is 1. The van der Waals surface area contributed by atoms with E-state index in [2.05, 4.69) is 16.8 Å². The van der Waals surface area contributed by atoms with Gasteiger partial charge in [-0.05, 0) is 54.1 Å². The minimum atomic E-state index is -0.0710. The Hall–Kier alpha value is -2.13. The normalized spacial score (nSPS) is 10.6. The molecule has 0 saturated carbocycles. The molecule has 0 bridgehead atoms. The van der Waals surface area contributed by atoms with Gasteiger partial charge in [-0.15, -0.1) is 11.3 Å². The molecule has 1 aromatic heterocycles. The Morgan fingerprint density at radius 3 is 2.84 bits per heavy atom. The summed E-state index contributed by atoms with van der Waals surface area (Å²) >= 11 is 1.70. The average molecular weight is 267 g/mol. The van der Waals surface area contributed by atoms with Crippen LogP contribution in [-0.2, 0) is 0 Å². The quantitative estimate of drug-likeness (QED) is 0.729. The van der Waals surface area contributed by atoms with E-state index in [0.29, 0.717) is 5.56 Å². The first-order valence-electron chi connectivity index (χ1n) is 6.08. The average Bonchev–Trinajstić information content (AvgIpc) is 2.86. The highest BCUT2D eigenvalue weighted by molar-refractivity contribution is 7.17. The van der Waals surface area contributed by atoms with E-state index < -0.39 is 0 Å². The van der Waals surface area contributed by atoms with Crippen LogP contribution in [0.5, 0.6) is 0 Å². The van der Waals surface area contributed by atoms with E-state index in [-0.39, 0.29) is 5.91 Å². The van der Waals surface area contributed by atoms with Crippen molar-refractivity contribution < 1.29 is 4.79 Å². The van der Waals surface area contributed by atoms with E-state index in [1.165, 1.54) is 4.70 Å². The van der Waals surface area contributed by atoms with Crippen LogP contribution in [0.25, 0.3) is 10.1 Å². The lowest BCUT2D eigenvalue weighted by molar-refractivity contribution is 0.102. The maximum Gasteiger partial charge on any atom is 0.255 e. The Morgan fingerprint density at radius 1 is 1.11 bits per heavy atom. The Balaban J connectivity index is 1.86. The molecule has 0 atom stereocenters. The smallest absolute Gasteiger partial charge is 0.255 e. The zero-order valence-electron chi connectivity index (χ0n) is 10.5. The first-order valence-corrected chi connectivity index (χ1v) is 6.96. The molecule has 3 rings (SSSR count). The van der Waals surface area contributed by atoms with Gasteiger partial charge in [-0.3, -0.25) is 4.79 Å². The number of fused-ring (bicyclic) bond motifs is 1. The van der Waals surface area contributed by atoms with Crippen molar-refractivity contribution in [2.24, 2.45) is 0 Å². The van der Waals surface area contributed by atoms with E-state index >= 15 is 0 Å². The number of rotatable bonds is 2.